The Balaban J connectivity index is 1.26. The summed E-state index contributed by atoms with van der Waals surface area (Å²) >= 11 is 0. The quantitative estimate of drug-likeness (QED) is 0.408. The average molecular weight is 470 g/mol. The molecule has 1 aromatic carbocycles. The number of fused-ring (bicyclic) bond motifs is 1. The first-order valence-electron chi connectivity index (χ1n) is 12.8. The van der Waals surface area contributed by atoms with E-state index in [9.17, 15) is 0 Å². The number of rotatable bonds is 8. The Morgan fingerprint density at radius 3 is 2.74 bits per heavy atom. The molecule has 8 nitrogen and oxygen atoms in total. The number of hydrogen-bond acceptors (Lipinski definition) is 6. The average Bonchev–Trinajstić information content (AvgIpc) is 3.46. The van der Waals surface area contributed by atoms with E-state index in [-0.39, 0.29) is 5.41 Å². The third-order valence-electron chi connectivity index (χ3n) is 8.11. The van der Waals surface area contributed by atoms with Crippen molar-refractivity contribution < 1.29 is 4.74 Å². The van der Waals surface area contributed by atoms with Crippen LogP contribution in [0.2, 0.25) is 0 Å². The number of pyridine rings is 1. The first-order valence-corrected chi connectivity index (χ1v) is 12.8. The van der Waals surface area contributed by atoms with Crippen molar-refractivity contribution in [1.82, 2.24) is 35.3 Å². The number of H-pyrrole nitrogens is 1. The van der Waals surface area contributed by atoms with E-state index in [1.807, 2.05) is 11.6 Å². The van der Waals surface area contributed by atoms with Gasteiger partial charge in [-0.1, -0.05) is 24.6 Å². The first-order chi connectivity index (χ1) is 17.2. The molecule has 4 heterocycles. The number of hydrogen-bond donors (Lipinski definition) is 2. The molecule has 35 heavy (non-hydrogen) atoms. The predicted octanol–water partition coefficient (Wildman–Crippen LogP) is 3.78. The Morgan fingerprint density at radius 1 is 1.17 bits per heavy atom. The molecule has 0 unspecified atom stereocenters. The molecule has 7 rings (SSSR count). The molecular formula is C27H31N7O. The summed E-state index contributed by atoms with van der Waals surface area (Å²) in [6, 6.07) is 11.7. The van der Waals surface area contributed by atoms with Gasteiger partial charge in [0, 0.05) is 54.0 Å². The minimum absolute atomic E-state index is 0.0818. The molecule has 3 fully saturated rings. The lowest BCUT2D eigenvalue weighted by Crippen LogP contribution is -2.49. The molecule has 0 radical (unpaired) electrons. The molecule has 0 amide bonds. The smallest absolute Gasteiger partial charge is 0.133 e. The third-order valence-corrected chi connectivity index (χ3v) is 8.11. The highest BCUT2D eigenvalue weighted by Crippen LogP contribution is 2.42. The second-order valence-electron chi connectivity index (χ2n) is 10.7. The molecule has 2 N–H and O–H groups in total. The molecule has 180 valence electrons. The Morgan fingerprint density at radius 2 is 2.06 bits per heavy atom. The maximum Gasteiger partial charge on any atom is 0.133 e. The molecule has 1 aliphatic heterocycles. The van der Waals surface area contributed by atoms with Crippen LogP contribution in [0.4, 0.5) is 0 Å². The van der Waals surface area contributed by atoms with E-state index in [2.05, 4.69) is 50.9 Å². The fourth-order valence-corrected chi connectivity index (χ4v) is 5.38. The monoisotopic (exact) mass is 469 g/mol. The second-order valence-corrected chi connectivity index (χ2v) is 10.7. The van der Waals surface area contributed by atoms with Gasteiger partial charge in [0.05, 0.1) is 24.4 Å². The second kappa shape index (κ2) is 8.24. The molecule has 2 aliphatic carbocycles. The highest BCUT2D eigenvalue weighted by atomic mass is 16.5. The van der Waals surface area contributed by atoms with Gasteiger partial charge in [0.1, 0.15) is 17.8 Å². The zero-order chi connectivity index (χ0) is 23.4. The van der Waals surface area contributed by atoms with E-state index >= 15 is 0 Å². The lowest BCUT2D eigenvalue weighted by atomic mass is 9.75. The number of ether oxygens (including phenoxy) is 1. The summed E-state index contributed by atoms with van der Waals surface area (Å²) in [4.78, 5) is 5.06. The summed E-state index contributed by atoms with van der Waals surface area (Å²) < 4.78 is 7.71. The van der Waals surface area contributed by atoms with Gasteiger partial charge < -0.3 is 14.6 Å². The van der Waals surface area contributed by atoms with Crippen molar-refractivity contribution in [2.24, 2.45) is 7.05 Å². The highest BCUT2D eigenvalue weighted by molar-refractivity contribution is 5.94. The van der Waals surface area contributed by atoms with Gasteiger partial charge in [0.25, 0.3) is 0 Å². The summed E-state index contributed by atoms with van der Waals surface area (Å²) in [7, 11) is 2.00. The van der Waals surface area contributed by atoms with Crippen LogP contribution in [-0.4, -0.2) is 49.2 Å². The maximum absolute atomic E-state index is 5.71. The molecule has 0 atom stereocenters. The molecule has 3 aromatic heterocycles. The van der Waals surface area contributed by atoms with Gasteiger partial charge in [-0.15, -0.1) is 10.2 Å². The normalized spacial score (nSPS) is 19.6. The van der Waals surface area contributed by atoms with Crippen LogP contribution in [0.15, 0.2) is 36.7 Å². The molecule has 0 bridgehead atoms. The van der Waals surface area contributed by atoms with E-state index in [0.717, 1.165) is 41.3 Å². The van der Waals surface area contributed by atoms with Gasteiger partial charge in [-0.3, -0.25) is 10.1 Å². The van der Waals surface area contributed by atoms with E-state index < -0.39 is 0 Å². The van der Waals surface area contributed by atoms with Gasteiger partial charge >= 0.3 is 0 Å². The summed E-state index contributed by atoms with van der Waals surface area (Å²) in [5.74, 6) is 1.57. The zero-order valence-electron chi connectivity index (χ0n) is 20.1. The van der Waals surface area contributed by atoms with Crippen molar-refractivity contribution in [3.8, 4) is 11.3 Å². The van der Waals surface area contributed by atoms with Crippen molar-refractivity contribution >= 4 is 10.9 Å². The lowest BCUT2D eigenvalue weighted by molar-refractivity contribution is -0.0611. The Kier molecular flexibility index (Phi) is 4.99. The minimum atomic E-state index is -0.0818. The Hall–Kier alpha value is -3.10. The largest absolute Gasteiger partial charge is 0.379 e. The summed E-state index contributed by atoms with van der Waals surface area (Å²) in [5.41, 5.74) is 6.69. The van der Waals surface area contributed by atoms with E-state index in [0.29, 0.717) is 25.2 Å². The van der Waals surface area contributed by atoms with Crippen LogP contribution in [0.5, 0.6) is 0 Å². The summed E-state index contributed by atoms with van der Waals surface area (Å²) in [5, 5.41) is 21.4. The fraction of sp³-hybridized carbons (Fsp3) is 0.481. The molecule has 3 aliphatic rings. The molecular weight excluding hydrogens is 438 g/mol. The molecule has 4 aromatic rings. The minimum Gasteiger partial charge on any atom is -0.379 e. The van der Waals surface area contributed by atoms with Crippen molar-refractivity contribution in [2.75, 3.05) is 13.2 Å². The topological polar surface area (TPSA) is 93.5 Å². The van der Waals surface area contributed by atoms with Crippen molar-refractivity contribution in [1.29, 1.82) is 0 Å². The molecule has 1 saturated heterocycles. The number of aryl methyl sites for hydroxylation is 1. The number of nitrogens with one attached hydrogen (secondary N) is 2. The highest BCUT2D eigenvalue weighted by Gasteiger charge is 2.42. The van der Waals surface area contributed by atoms with Crippen molar-refractivity contribution in [3.63, 3.8) is 0 Å². The number of benzene rings is 1. The van der Waals surface area contributed by atoms with Gasteiger partial charge in [-0.05, 0) is 43.4 Å². The fourth-order valence-electron chi connectivity index (χ4n) is 5.38. The van der Waals surface area contributed by atoms with E-state index in [4.69, 9.17) is 14.8 Å². The van der Waals surface area contributed by atoms with Crippen LogP contribution in [0.25, 0.3) is 22.2 Å². The number of aromatic amines is 1. The summed E-state index contributed by atoms with van der Waals surface area (Å²) in [6.45, 7) is 2.18. The SMILES string of the molecule is Cn1cnnc1CC1(c2cccc(-c3n[nH]c4c(CNC5CCC5)nc(C5CC5)cc34)c2)COC1. The maximum atomic E-state index is 5.71. The van der Waals surface area contributed by atoms with Gasteiger partial charge in [0.2, 0.25) is 0 Å². The van der Waals surface area contributed by atoms with Crippen LogP contribution >= 0.6 is 0 Å². The van der Waals surface area contributed by atoms with Gasteiger partial charge in [-0.25, -0.2) is 0 Å². The molecule has 8 heteroatoms. The molecule has 2 saturated carbocycles. The first kappa shape index (κ1) is 21.2. The van der Waals surface area contributed by atoms with Crippen molar-refractivity contribution in [2.45, 2.75) is 62.4 Å². The van der Waals surface area contributed by atoms with Crippen molar-refractivity contribution in [3.05, 3.63) is 59.4 Å². The van der Waals surface area contributed by atoms with E-state index in [1.165, 1.54) is 48.7 Å². The van der Waals surface area contributed by atoms with Crippen LogP contribution < -0.4 is 5.32 Å². The third kappa shape index (κ3) is 3.76. The van der Waals surface area contributed by atoms with Crippen LogP contribution in [0.1, 0.15) is 60.8 Å². The Labute approximate surface area is 204 Å². The standard InChI is InChI=1S/C27H31N7O/c1-34-16-29-31-24(34)12-27(14-35-15-27)19-5-2-4-18(10-19)25-21-11-22(17-8-9-17)30-23(26(21)33-32-25)13-28-20-6-3-7-20/h2,4-5,10-11,16-17,20,28H,3,6-9,12-15H2,1H3,(H,32,33). The van der Waals surface area contributed by atoms with Crippen LogP contribution in [0.3, 0.4) is 0 Å². The Bertz CT molecular complexity index is 1380. The van der Waals surface area contributed by atoms with E-state index in [1.54, 1.807) is 6.33 Å². The molecule has 0 spiro atoms. The van der Waals surface area contributed by atoms with Crippen LogP contribution in [0, 0.1) is 0 Å². The summed E-state index contributed by atoms with van der Waals surface area (Å²) in [6.07, 6.45) is 8.91. The predicted molar refractivity (Wildman–Crippen MR) is 133 cm³/mol. The lowest BCUT2D eigenvalue weighted by Gasteiger charge is -2.41. The van der Waals surface area contributed by atoms with Gasteiger partial charge in [-0.2, -0.15) is 5.10 Å². The zero-order valence-corrected chi connectivity index (χ0v) is 20.1. The van der Waals surface area contributed by atoms with Crippen LogP contribution in [-0.2, 0) is 30.2 Å². The number of aromatic nitrogens is 6. The van der Waals surface area contributed by atoms with Gasteiger partial charge in [0.15, 0.2) is 0 Å². The number of nitrogens with zero attached hydrogens (tertiary/aromatic N) is 5.